The standard InChI is InChI=1S/C15H16ClNO5/c1-3-21-13(18)7-8-14(19)22-10(2)15(20)17-12-6-4-5-11(16)9-12/h4-10H,3H2,1-2H3,(H,17,20)/b8-7+/t10-/m0/s1. The average molecular weight is 326 g/mol. The van der Waals surface area contributed by atoms with E-state index in [0.717, 1.165) is 12.2 Å². The molecule has 0 aliphatic heterocycles. The van der Waals surface area contributed by atoms with E-state index in [2.05, 4.69) is 10.1 Å². The van der Waals surface area contributed by atoms with Gasteiger partial charge in [-0.25, -0.2) is 9.59 Å². The van der Waals surface area contributed by atoms with E-state index < -0.39 is 23.9 Å². The van der Waals surface area contributed by atoms with E-state index in [9.17, 15) is 14.4 Å². The molecule has 0 heterocycles. The van der Waals surface area contributed by atoms with Crippen LogP contribution in [0, 0.1) is 0 Å². The first kappa shape index (κ1) is 17.7. The van der Waals surface area contributed by atoms with Gasteiger partial charge < -0.3 is 14.8 Å². The highest BCUT2D eigenvalue weighted by molar-refractivity contribution is 6.30. The number of anilines is 1. The summed E-state index contributed by atoms with van der Waals surface area (Å²) in [5.41, 5.74) is 0.488. The van der Waals surface area contributed by atoms with Gasteiger partial charge in [-0.1, -0.05) is 17.7 Å². The quantitative estimate of drug-likeness (QED) is 0.641. The lowest BCUT2D eigenvalue weighted by Crippen LogP contribution is -2.29. The molecule has 6 nitrogen and oxygen atoms in total. The first-order valence-electron chi connectivity index (χ1n) is 6.54. The Balaban J connectivity index is 2.50. The summed E-state index contributed by atoms with van der Waals surface area (Å²) in [6, 6.07) is 6.56. The third-order valence-electron chi connectivity index (χ3n) is 2.40. The number of hydrogen-bond donors (Lipinski definition) is 1. The molecule has 0 radical (unpaired) electrons. The van der Waals surface area contributed by atoms with Crippen molar-refractivity contribution in [1.82, 2.24) is 0 Å². The monoisotopic (exact) mass is 325 g/mol. The fraction of sp³-hybridized carbons (Fsp3) is 0.267. The highest BCUT2D eigenvalue weighted by Crippen LogP contribution is 2.15. The molecule has 0 aliphatic carbocycles. The normalized spacial score (nSPS) is 11.8. The van der Waals surface area contributed by atoms with Crippen molar-refractivity contribution in [2.24, 2.45) is 0 Å². The lowest BCUT2D eigenvalue weighted by atomic mass is 10.3. The molecule has 1 N–H and O–H groups in total. The van der Waals surface area contributed by atoms with Gasteiger partial charge in [-0.15, -0.1) is 0 Å². The maximum Gasteiger partial charge on any atom is 0.331 e. The summed E-state index contributed by atoms with van der Waals surface area (Å²) >= 11 is 5.80. The van der Waals surface area contributed by atoms with Crippen molar-refractivity contribution in [3.8, 4) is 0 Å². The molecule has 0 unspecified atom stereocenters. The Hall–Kier alpha value is -2.34. The Labute approximate surface area is 133 Å². The van der Waals surface area contributed by atoms with Crippen molar-refractivity contribution in [1.29, 1.82) is 0 Å². The molecule has 0 fully saturated rings. The number of rotatable bonds is 6. The average Bonchev–Trinajstić information content (AvgIpc) is 2.45. The molecule has 1 aromatic carbocycles. The second kappa shape index (κ2) is 8.84. The molecule has 0 spiro atoms. The van der Waals surface area contributed by atoms with Crippen LogP contribution in [0.3, 0.4) is 0 Å². The van der Waals surface area contributed by atoms with Crippen molar-refractivity contribution in [2.45, 2.75) is 20.0 Å². The number of esters is 2. The van der Waals surface area contributed by atoms with E-state index in [1.165, 1.54) is 6.92 Å². The highest BCUT2D eigenvalue weighted by atomic mass is 35.5. The SMILES string of the molecule is CCOC(=O)/C=C/C(=O)O[C@@H](C)C(=O)Nc1cccc(Cl)c1. The van der Waals surface area contributed by atoms with Crippen LogP contribution >= 0.6 is 11.6 Å². The summed E-state index contributed by atoms with van der Waals surface area (Å²) < 4.78 is 9.47. The van der Waals surface area contributed by atoms with E-state index in [1.54, 1.807) is 31.2 Å². The number of carbonyl (C=O) groups excluding carboxylic acids is 3. The first-order valence-corrected chi connectivity index (χ1v) is 6.92. The van der Waals surface area contributed by atoms with Gasteiger partial charge in [0.25, 0.3) is 5.91 Å². The molecule has 0 saturated heterocycles. The Morgan fingerprint density at radius 2 is 1.95 bits per heavy atom. The summed E-state index contributed by atoms with van der Waals surface area (Å²) in [5.74, 6) is -1.99. The van der Waals surface area contributed by atoms with Crippen molar-refractivity contribution >= 4 is 35.1 Å². The largest absolute Gasteiger partial charge is 0.463 e. The Morgan fingerprint density at radius 1 is 1.27 bits per heavy atom. The lowest BCUT2D eigenvalue weighted by Gasteiger charge is -2.12. The lowest BCUT2D eigenvalue weighted by molar-refractivity contribution is -0.148. The minimum absolute atomic E-state index is 0.205. The van der Waals surface area contributed by atoms with E-state index >= 15 is 0 Å². The zero-order valence-corrected chi connectivity index (χ0v) is 12.9. The summed E-state index contributed by atoms with van der Waals surface area (Å²) in [4.78, 5) is 34.3. The second-order valence-electron chi connectivity index (χ2n) is 4.16. The molecular weight excluding hydrogens is 310 g/mol. The second-order valence-corrected chi connectivity index (χ2v) is 4.60. The molecule has 0 aliphatic rings. The fourth-order valence-electron chi connectivity index (χ4n) is 1.40. The molecule has 1 amide bonds. The maximum atomic E-state index is 11.9. The number of ether oxygens (including phenoxy) is 2. The maximum absolute atomic E-state index is 11.9. The van der Waals surface area contributed by atoms with E-state index in [1.807, 2.05) is 0 Å². The molecule has 22 heavy (non-hydrogen) atoms. The van der Waals surface area contributed by atoms with Gasteiger partial charge in [-0.3, -0.25) is 4.79 Å². The molecule has 7 heteroatoms. The Morgan fingerprint density at radius 3 is 2.59 bits per heavy atom. The minimum atomic E-state index is -1.03. The number of halogens is 1. The predicted molar refractivity (Wildman–Crippen MR) is 81.4 cm³/mol. The molecule has 1 rings (SSSR count). The van der Waals surface area contributed by atoms with E-state index in [-0.39, 0.29) is 6.61 Å². The molecule has 0 bridgehead atoms. The zero-order chi connectivity index (χ0) is 16.5. The topological polar surface area (TPSA) is 81.7 Å². The number of nitrogens with one attached hydrogen (secondary N) is 1. The van der Waals surface area contributed by atoms with Crippen molar-refractivity contribution in [3.05, 3.63) is 41.4 Å². The summed E-state index contributed by atoms with van der Waals surface area (Å²) in [6.45, 7) is 3.26. The van der Waals surface area contributed by atoms with Crippen LogP contribution in [0.1, 0.15) is 13.8 Å². The molecule has 0 aromatic heterocycles. The number of amides is 1. The third kappa shape index (κ3) is 6.41. The van der Waals surface area contributed by atoms with E-state index in [0.29, 0.717) is 10.7 Å². The van der Waals surface area contributed by atoms with Gasteiger partial charge in [0.15, 0.2) is 6.10 Å². The number of carbonyl (C=O) groups is 3. The molecule has 118 valence electrons. The zero-order valence-electron chi connectivity index (χ0n) is 12.2. The summed E-state index contributed by atoms with van der Waals surface area (Å²) in [5, 5.41) is 3.03. The van der Waals surface area contributed by atoms with Gasteiger partial charge in [-0.2, -0.15) is 0 Å². The van der Waals surface area contributed by atoms with Crippen LogP contribution in [-0.2, 0) is 23.9 Å². The van der Waals surface area contributed by atoms with Crippen molar-refractivity contribution in [2.75, 3.05) is 11.9 Å². The van der Waals surface area contributed by atoms with Crippen LogP contribution in [0.25, 0.3) is 0 Å². The van der Waals surface area contributed by atoms with Gasteiger partial charge in [-0.05, 0) is 32.0 Å². The third-order valence-corrected chi connectivity index (χ3v) is 2.63. The van der Waals surface area contributed by atoms with Crippen LogP contribution in [-0.4, -0.2) is 30.6 Å². The van der Waals surface area contributed by atoms with Crippen LogP contribution in [0.2, 0.25) is 5.02 Å². The Kier molecular flexibility index (Phi) is 7.12. The fourth-order valence-corrected chi connectivity index (χ4v) is 1.59. The molecule has 1 aromatic rings. The van der Waals surface area contributed by atoms with Crippen LogP contribution in [0.4, 0.5) is 5.69 Å². The first-order chi connectivity index (χ1) is 10.4. The highest BCUT2D eigenvalue weighted by Gasteiger charge is 2.16. The van der Waals surface area contributed by atoms with Crippen molar-refractivity contribution in [3.63, 3.8) is 0 Å². The summed E-state index contributed by atoms with van der Waals surface area (Å²) in [6.07, 6.45) is 0.813. The Bertz CT molecular complexity index is 585. The van der Waals surface area contributed by atoms with Gasteiger partial charge in [0.1, 0.15) is 0 Å². The minimum Gasteiger partial charge on any atom is -0.463 e. The van der Waals surface area contributed by atoms with Gasteiger partial charge in [0, 0.05) is 22.9 Å². The van der Waals surface area contributed by atoms with Crippen molar-refractivity contribution < 1.29 is 23.9 Å². The summed E-state index contributed by atoms with van der Waals surface area (Å²) in [7, 11) is 0. The van der Waals surface area contributed by atoms with Crippen LogP contribution in [0.5, 0.6) is 0 Å². The number of hydrogen-bond acceptors (Lipinski definition) is 5. The molecular formula is C15H16ClNO5. The van der Waals surface area contributed by atoms with Gasteiger partial charge in [0.05, 0.1) is 6.61 Å². The van der Waals surface area contributed by atoms with Gasteiger partial charge in [0.2, 0.25) is 0 Å². The van der Waals surface area contributed by atoms with Gasteiger partial charge >= 0.3 is 11.9 Å². The predicted octanol–water partition coefficient (Wildman–Crippen LogP) is 2.33. The molecule has 1 atom stereocenters. The van der Waals surface area contributed by atoms with Crippen LogP contribution < -0.4 is 5.32 Å². The van der Waals surface area contributed by atoms with E-state index in [4.69, 9.17) is 16.3 Å². The van der Waals surface area contributed by atoms with Crippen LogP contribution in [0.15, 0.2) is 36.4 Å². The smallest absolute Gasteiger partial charge is 0.331 e. The molecule has 0 saturated carbocycles. The number of benzene rings is 1.